The molecule has 7 atom stereocenters. The predicted molar refractivity (Wildman–Crippen MR) is 169 cm³/mol. The molecule has 3 heterocycles. The summed E-state index contributed by atoms with van der Waals surface area (Å²) in [5.41, 5.74) is -0.215. The van der Waals surface area contributed by atoms with Crippen LogP contribution in [0.5, 0.6) is 5.75 Å². The number of amides is 3. The highest BCUT2D eigenvalue weighted by atomic mass is 32.2. The number of anilines is 2. The first-order valence-electron chi connectivity index (χ1n) is 15.2. The Bertz CT molecular complexity index is 2030. The number of fused-ring (bicyclic) bond motifs is 9. The molecule has 3 fully saturated rings. The number of thioether (sulfide) groups is 1. The van der Waals surface area contributed by atoms with Gasteiger partial charge in [0.05, 0.1) is 33.8 Å². The number of H-pyrrole nitrogens is 1. The molecular formula is C34H25F4N3O5S2. The summed E-state index contributed by atoms with van der Waals surface area (Å²) in [6, 6.07) is 17.0. The second-order valence-corrected chi connectivity index (χ2v) is 14.6. The van der Waals surface area contributed by atoms with Crippen molar-refractivity contribution in [3.8, 4) is 5.75 Å². The number of alkyl halides is 3. The number of carbonyl (C=O) groups is 3. The van der Waals surface area contributed by atoms with Gasteiger partial charge in [0, 0.05) is 16.0 Å². The highest BCUT2D eigenvalue weighted by molar-refractivity contribution is 8.00. The van der Waals surface area contributed by atoms with Gasteiger partial charge in [-0.2, -0.15) is 13.2 Å². The first kappa shape index (κ1) is 30.9. The maximum absolute atomic E-state index is 13.9. The Labute approximate surface area is 278 Å². The molecule has 1 saturated heterocycles. The number of carbonyl (C=O) groups excluding carboxylic acids is 3. The average molecular weight is 696 g/mol. The van der Waals surface area contributed by atoms with E-state index in [2.05, 4.69) is 10.3 Å². The molecule has 2 aliphatic heterocycles. The lowest BCUT2D eigenvalue weighted by molar-refractivity contribution is -0.137. The zero-order valence-corrected chi connectivity index (χ0v) is 26.3. The number of hydrogen-bond donors (Lipinski definition) is 2. The van der Waals surface area contributed by atoms with E-state index in [1.807, 2.05) is 6.07 Å². The van der Waals surface area contributed by atoms with Crippen LogP contribution in [0.3, 0.4) is 0 Å². The Hall–Kier alpha value is -4.43. The Kier molecular flexibility index (Phi) is 7.29. The lowest BCUT2D eigenvalue weighted by Crippen LogP contribution is -2.42. The van der Waals surface area contributed by atoms with Gasteiger partial charge in [-0.05, 0) is 78.3 Å². The van der Waals surface area contributed by atoms with Gasteiger partial charge >= 0.3 is 11.0 Å². The molecule has 8 nitrogen and oxygen atoms in total. The van der Waals surface area contributed by atoms with Gasteiger partial charge in [0.25, 0.3) is 5.91 Å². The van der Waals surface area contributed by atoms with Crippen molar-refractivity contribution in [2.45, 2.75) is 28.8 Å². The summed E-state index contributed by atoms with van der Waals surface area (Å²) in [5.74, 6) is -3.24. The number of benzene rings is 3. The number of aromatic amines is 1. The standard InChI is InChI=1S/C34H25F4N3O5S2/c35-16-8-10-17(11-9-16)41-31(43)26-19-13-20(27(26)32(41)44)28-25(19)24(29-30(47-28)40-33(45)48-29)15-4-3-5-18(12-15)46-14-23(42)39-22-7-2-1-6-21(22)34(36,37)38/h1-12,19-20,24-28H,13-14H2,(H,39,42)(H,40,45)/t19?,20?,24-,25?,26?,27?,28?/m1/s1. The van der Waals surface area contributed by atoms with Crippen LogP contribution in [0.1, 0.15) is 28.3 Å². The minimum atomic E-state index is -4.65. The van der Waals surface area contributed by atoms with E-state index >= 15 is 0 Å². The lowest BCUT2D eigenvalue weighted by Gasteiger charge is -2.43. The number of halogens is 4. The van der Waals surface area contributed by atoms with E-state index in [1.165, 1.54) is 47.4 Å². The number of aromatic nitrogens is 1. The van der Waals surface area contributed by atoms with Crippen LogP contribution < -0.4 is 19.8 Å². The number of ether oxygens (including phenoxy) is 1. The Morgan fingerprint density at radius 3 is 2.44 bits per heavy atom. The quantitative estimate of drug-likeness (QED) is 0.181. The van der Waals surface area contributed by atoms with E-state index < -0.39 is 41.9 Å². The van der Waals surface area contributed by atoms with E-state index in [0.29, 0.717) is 17.9 Å². The summed E-state index contributed by atoms with van der Waals surface area (Å²) in [4.78, 5) is 57.6. The van der Waals surface area contributed by atoms with Crippen LogP contribution in [0.15, 0.2) is 82.6 Å². The molecule has 246 valence electrons. The third kappa shape index (κ3) is 4.95. The van der Waals surface area contributed by atoms with Gasteiger partial charge in [-0.25, -0.2) is 4.39 Å². The van der Waals surface area contributed by atoms with Gasteiger partial charge in [0.15, 0.2) is 6.61 Å². The normalized spacial score (nSPS) is 27.1. The number of thiazole rings is 1. The van der Waals surface area contributed by atoms with Crippen LogP contribution >= 0.6 is 23.1 Å². The monoisotopic (exact) mass is 695 g/mol. The number of imide groups is 1. The molecule has 0 radical (unpaired) electrons. The number of hydrogen-bond acceptors (Lipinski definition) is 7. The molecule has 3 aromatic carbocycles. The van der Waals surface area contributed by atoms with Crippen molar-refractivity contribution >= 4 is 52.2 Å². The van der Waals surface area contributed by atoms with Crippen molar-refractivity contribution in [2.24, 2.45) is 29.6 Å². The van der Waals surface area contributed by atoms with Crippen LogP contribution in [-0.4, -0.2) is 34.6 Å². The second kappa shape index (κ2) is 11.3. The van der Waals surface area contributed by atoms with Crippen LogP contribution in [0.4, 0.5) is 28.9 Å². The van der Waals surface area contributed by atoms with Crippen molar-refractivity contribution in [1.29, 1.82) is 0 Å². The third-order valence-electron chi connectivity index (χ3n) is 9.90. The van der Waals surface area contributed by atoms with E-state index in [1.54, 1.807) is 30.0 Å². The minimum absolute atomic E-state index is 0.0621. The summed E-state index contributed by atoms with van der Waals surface area (Å²) in [7, 11) is 0. The van der Waals surface area contributed by atoms with Gasteiger partial charge in [-0.1, -0.05) is 35.6 Å². The van der Waals surface area contributed by atoms with Gasteiger partial charge < -0.3 is 15.0 Å². The largest absolute Gasteiger partial charge is 0.484 e. The Balaban J connectivity index is 1.07. The Morgan fingerprint density at radius 1 is 0.958 bits per heavy atom. The van der Waals surface area contributed by atoms with Gasteiger partial charge in [0.2, 0.25) is 11.8 Å². The molecule has 2 aliphatic carbocycles. The molecule has 2 saturated carbocycles. The molecule has 14 heteroatoms. The van der Waals surface area contributed by atoms with E-state index in [4.69, 9.17) is 4.74 Å². The molecule has 2 N–H and O–H groups in total. The summed E-state index contributed by atoms with van der Waals surface area (Å²) >= 11 is 2.64. The molecular weight excluding hydrogens is 671 g/mol. The topological polar surface area (TPSA) is 109 Å². The van der Waals surface area contributed by atoms with E-state index in [-0.39, 0.29) is 51.3 Å². The van der Waals surface area contributed by atoms with Gasteiger partial charge in [0.1, 0.15) is 11.6 Å². The minimum Gasteiger partial charge on any atom is -0.484 e. The highest BCUT2D eigenvalue weighted by Crippen LogP contribution is 2.68. The fourth-order valence-electron chi connectivity index (χ4n) is 8.21. The van der Waals surface area contributed by atoms with E-state index in [0.717, 1.165) is 32.9 Å². The average Bonchev–Trinajstić information content (AvgIpc) is 3.79. The molecule has 48 heavy (non-hydrogen) atoms. The SMILES string of the molecule is O=C(COc1cccc([C@H]2c3sc(=O)[nH]c3SC3C4CC(C5C(=O)N(c6ccc(F)cc6)C(=O)C45)C32)c1)Nc1ccccc1C(F)(F)F. The van der Waals surface area contributed by atoms with Gasteiger partial charge in [-0.15, -0.1) is 11.8 Å². The van der Waals surface area contributed by atoms with Crippen molar-refractivity contribution in [1.82, 2.24) is 4.98 Å². The lowest BCUT2D eigenvalue weighted by atomic mass is 9.68. The molecule has 0 spiro atoms. The van der Waals surface area contributed by atoms with Crippen LogP contribution in [0, 0.1) is 35.4 Å². The first-order chi connectivity index (χ1) is 23.0. The fourth-order valence-corrected chi connectivity index (χ4v) is 11.1. The van der Waals surface area contributed by atoms with Crippen LogP contribution in [0.2, 0.25) is 0 Å². The predicted octanol–water partition coefficient (Wildman–Crippen LogP) is 6.29. The van der Waals surface area contributed by atoms with Crippen LogP contribution in [0.25, 0.3) is 0 Å². The number of para-hydroxylation sites is 1. The molecule has 8 rings (SSSR count). The smallest absolute Gasteiger partial charge is 0.418 e. The van der Waals surface area contributed by atoms with Gasteiger partial charge in [-0.3, -0.25) is 24.1 Å². The Morgan fingerprint density at radius 2 is 1.69 bits per heavy atom. The van der Waals surface area contributed by atoms with Crippen molar-refractivity contribution < 1.29 is 36.7 Å². The summed E-state index contributed by atoms with van der Waals surface area (Å²) in [6.07, 6.45) is -3.97. The molecule has 4 aliphatic rings. The summed E-state index contributed by atoms with van der Waals surface area (Å²) in [6.45, 7) is -0.546. The number of rotatable bonds is 6. The van der Waals surface area contributed by atoms with Crippen LogP contribution in [-0.2, 0) is 20.6 Å². The summed E-state index contributed by atoms with van der Waals surface area (Å²) in [5, 5.41) is 2.93. The highest BCUT2D eigenvalue weighted by Gasteiger charge is 2.69. The maximum Gasteiger partial charge on any atom is 0.418 e. The number of nitrogens with zero attached hydrogens (tertiary/aromatic N) is 1. The molecule has 2 bridgehead atoms. The molecule has 6 unspecified atom stereocenters. The zero-order chi connectivity index (χ0) is 33.5. The van der Waals surface area contributed by atoms with Crippen molar-refractivity contribution in [2.75, 3.05) is 16.8 Å². The second-order valence-electron chi connectivity index (χ2n) is 12.4. The molecule has 4 aromatic rings. The zero-order valence-electron chi connectivity index (χ0n) is 24.7. The fraction of sp³-hybridized carbons (Fsp3) is 0.294. The maximum atomic E-state index is 13.9. The third-order valence-corrected chi connectivity index (χ3v) is 12.5. The first-order valence-corrected chi connectivity index (χ1v) is 16.9. The van der Waals surface area contributed by atoms with E-state index in [9.17, 15) is 36.7 Å². The van der Waals surface area contributed by atoms with Crippen molar-refractivity contribution in [3.63, 3.8) is 0 Å². The van der Waals surface area contributed by atoms with Crippen molar-refractivity contribution in [3.05, 3.63) is 104 Å². The number of nitrogens with one attached hydrogen (secondary N) is 2. The molecule has 1 aromatic heterocycles. The summed E-state index contributed by atoms with van der Waals surface area (Å²) < 4.78 is 59.6. The molecule has 3 amide bonds.